The Morgan fingerprint density at radius 3 is 1.23 bits per heavy atom. The molecule has 3 rings (SSSR count). The predicted molar refractivity (Wildman–Crippen MR) is 103 cm³/mol. The van der Waals surface area contributed by atoms with E-state index in [0.29, 0.717) is 5.92 Å². The molecule has 22 heavy (non-hydrogen) atoms. The lowest BCUT2D eigenvalue weighted by Crippen LogP contribution is -1.98. The van der Waals surface area contributed by atoms with Crippen molar-refractivity contribution >= 4 is 12.2 Å². The minimum Gasteiger partial charge on any atom is -0.0683 e. The van der Waals surface area contributed by atoms with E-state index in [-0.39, 0.29) is 0 Å². The molecule has 120 valence electrons. The van der Waals surface area contributed by atoms with Crippen LogP contribution >= 0.6 is 0 Å². The fourth-order valence-electron chi connectivity index (χ4n) is 2.46. The van der Waals surface area contributed by atoms with Crippen molar-refractivity contribution < 1.29 is 0 Å². The van der Waals surface area contributed by atoms with Gasteiger partial charge >= 0.3 is 0 Å². The van der Waals surface area contributed by atoms with Crippen molar-refractivity contribution in [1.29, 1.82) is 0 Å². The van der Waals surface area contributed by atoms with Crippen LogP contribution < -0.4 is 0 Å². The molecule has 0 atom stereocenters. The highest BCUT2D eigenvalue weighted by Gasteiger charge is 2.15. The normalized spacial score (nSPS) is 11.0. The summed E-state index contributed by atoms with van der Waals surface area (Å²) in [5.41, 5.74) is 5.52. The maximum atomic E-state index is 2.28. The quantitative estimate of drug-likeness (QED) is 0.475. The molecule has 0 bridgehead atoms. The van der Waals surface area contributed by atoms with Crippen LogP contribution in [0.5, 0.6) is 0 Å². The molecule has 1 aliphatic rings. The summed E-state index contributed by atoms with van der Waals surface area (Å²) in [5.74, 6) is 0.474. The maximum Gasteiger partial charge on any atom is 0.00728 e. The van der Waals surface area contributed by atoms with Crippen molar-refractivity contribution in [2.24, 2.45) is 0 Å². The zero-order chi connectivity index (χ0) is 17.0. The summed E-state index contributed by atoms with van der Waals surface area (Å²) in [6.45, 7) is 14.3. The maximum absolute atomic E-state index is 2.28. The smallest absolute Gasteiger partial charge is 0.00728 e. The molecule has 0 heteroatoms. The number of fused-ring (bicyclic) bond motifs is 2. The monoisotopic (exact) mass is 296 g/mol. The van der Waals surface area contributed by atoms with Crippen molar-refractivity contribution in [3.05, 3.63) is 70.8 Å². The van der Waals surface area contributed by atoms with Gasteiger partial charge in [0.15, 0.2) is 0 Å². The van der Waals surface area contributed by atoms with Gasteiger partial charge in [0.2, 0.25) is 0 Å². The zero-order valence-corrected chi connectivity index (χ0v) is 15.4. The molecule has 0 saturated heterocycles. The third kappa shape index (κ3) is 4.87. The van der Waals surface area contributed by atoms with E-state index >= 15 is 0 Å². The fraction of sp³-hybridized carbons (Fsp3) is 0.364. The SMILES string of the molecule is CC.CC.CC.CC1c2ccccc2C=Cc2ccccc21. The van der Waals surface area contributed by atoms with Crippen LogP contribution in [0.25, 0.3) is 12.2 Å². The third-order valence-electron chi connectivity index (χ3n) is 3.37. The second kappa shape index (κ2) is 11.8. The van der Waals surface area contributed by atoms with E-state index in [0.717, 1.165) is 0 Å². The Kier molecular flexibility index (Phi) is 10.8. The molecule has 0 fully saturated rings. The Morgan fingerprint density at radius 2 is 0.864 bits per heavy atom. The lowest BCUT2D eigenvalue weighted by Gasteiger charge is -2.14. The standard InChI is InChI=1S/C16H14.3C2H6/c1-12-15-8-4-2-6-13(15)10-11-14-7-3-5-9-16(12)14;3*1-2/h2-12H,1H3;3*1-2H3. The van der Waals surface area contributed by atoms with Crippen LogP contribution in [0.2, 0.25) is 0 Å². The van der Waals surface area contributed by atoms with Gasteiger partial charge in [-0.1, -0.05) is 109 Å². The van der Waals surface area contributed by atoms with Crippen LogP contribution in [0.1, 0.15) is 76.6 Å². The van der Waals surface area contributed by atoms with Crippen LogP contribution in [-0.2, 0) is 0 Å². The molecule has 2 aromatic carbocycles. The first kappa shape index (κ1) is 20.2. The van der Waals surface area contributed by atoms with Gasteiger partial charge in [-0.05, 0) is 22.3 Å². The van der Waals surface area contributed by atoms with Gasteiger partial charge in [-0.15, -0.1) is 0 Å². The molecule has 0 spiro atoms. The lowest BCUT2D eigenvalue weighted by molar-refractivity contribution is 0.919. The van der Waals surface area contributed by atoms with Crippen LogP contribution in [0.4, 0.5) is 0 Å². The second-order valence-corrected chi connectivity index (χ2v) is 4.31. The van der Waals surface area contributed by atoms with Gasteiger partial charge in [0.05, 0.1) is 0 Å². The average Bonchev–Trinajstić information content (AvgIpc) is 2.78. The van der Waals surface area contributed by atoms with Crippen molar-refractivity contribution in [3.8, 4) is 0 Å². The summed E-state index contributed by atoms with van der Waals surface area (Å²) in [6.07, 6.45) is 4.44. The molecule has 0 saturated carbocycles. The average molecular weight is 296 g/mol. The molecule has 0 heterocycles. The first-order valence-corrected chi connectivity index (χ1v) is 8.72. The third-order valence-corrected chi connectivity index (χ3v) is 3.37. The van der Waals surface area contributed by atoms with Crippen molar-refractivity contribution in [3.63, 3.8) is 0 Å². The van der Waals surface area contributed by atoms with E-state index in [2.05, 4.69) is 67.6 Å². The van der Waals surface area contributed by atoms with Crippen molar-refractivity contribution in [2.45, 2.75) is 54.4 Å². The molecule has 0 aliphatic heterocycles. The molecular weight excluding hydrogens is 264 g/mol. The first-order valence-electron chi connectivity index (χ1n) is 8.72. The zero-order valence-electron chi connectivity index (χ0n) is 15.4. The number of rotatable bonds is 0. The Balaban J connectivity index is 0.000000661. The summed E-state index contributed by atoms with van der Waals surface area (Å²) in [5, 5.41) is 0. The summed E-state index contributed by atoms with van der Waals surface area (Å²) in [6, 6.07) is 17.3. The van der Waals surface area contributed by atoms with E-state index in [4.69, 9.17) is 0 Å². The second-order valence-electron chi connectivity index (χ2n) is 4.31. The Hall–Kier alpha value is -1.82. The largest absolute Gasteiger partial charge is 0.0683 e. The first-order chi connectivity index (χ1) is 10.9. The van der Waals surface area contributed by atoms with Gasteiger partial charge in [-0.3, -0.25) is 0 Å². The Bertz CT molecular complexity index is 500. The van der Waals surface area contributed by atoms with Gasteiger partial charge in [-0.2, -0.15) is 0 Å². The van der Waals surface area contributed by atoms with E-state index in [9.17, 15) is 0 Å². The summed E-state index contributed by atoms with van der Waals surface area (Å²) < 4.78 is 0. The highest BCUT2D eigenvalue weighted by atomic mass is 14.2. The number of hydrogen-bond donors (Lipinski definition) is 0. The van der Waals surface area contributed by atoms with Crippen LogP contribution in [0, 0.1) is 0 Å². The molecule has 0 N–H and O–H groups in total. The van der Waals surface area contributed by atoms with Gasteiger partial charge < -0.3 is 0 Å². The molecule has 0 aromatic heterocycles. The lowest BCUT2D eigenvalue weighted by atomic mass is 9.89. The predicted octanol–water partition coefficient (Wildman–Crippen LogP) is 7.40. The molecule has 1 aliphatic carbocycles. The van der Waals surface area contributed by atoms with E-state index in [1.807, 2.05) is 41.5 Å². The fourth-order valence-corrected chi connectivity index (χ4v) is 2.46. The summed E-state index contributed by atoms with van der Waals surface area (Å²) in [4.78, 5) is 0. The van der Waals surface area contributed by atoms with Crippen LogP contribution in [0.15, 0.2) is 48.5 Å². The molecule has 0 radical (unpaired) electrons. The minimum atomic E-state index is 0.474. The minimum absolute atomic E-state index is 0.474. The molecule has 0 nitrogen and oxygen atoms in total. The molecule has 0 unspecified atom stereocenters. The van der Waals surface area contributed by atoms with Gasteiger partial charge in [0, 0.05) is 5.92 Å². The number of benzene rings is 2. The highest BCUT2D eigenvalue weighted by Crippen LogP contribution is 2.33. The van der Waals surface area contributed by atoms with E-state index < -0.39 is 0 Å². The van der Waals surface area contributed by atoms with Crippen LogP contribution in [-0.4, -0.2) is 0 Å². The highest BCUT2D eigenvalue weighted by molar-refractivity contribution is 5.76. The molecular formula is C22H32. The van der Waals surface area contributed by atoms with Gasteiger partial charge in [-0.25, -0.2) is 0 Å². The number of hydrogen-bond acceptors (Lipinski definition) is 0. The van der Waals surface area contributed by atoms with Gasteiger partial charge in [0.1, 0.15) is 0 Å². The topological polar surface area (TPSA) is 0 Å². The Morgan fingerprint density at radius 1 is 0.545 bits per heavy atom. The summed E-state index contributed by atoms with van der Waals surface area (Å²) in [7, 11) is 0. The molecule has 2 aromatic rings. The molecule has 0 amide bonds. The van der Waals surface area contributed by atoms with Crippen molar-refractivity contribution in [1.82, 2.24) is 0 Å². The van der Waals surface area contributed by atoms with Crippen molar-refractivity contribution in [2.75, 3.05) is 0 Å². The summed E-state index contributed by atoms with van der Waals surface area (Å²) >= 11 is 0. The van der Waals surface area contributed by atoms with Crippen LogP contribution in [0.3, 0.4) is 0 Å². The van der Waals surface area contributed by atoms with E-state index in [1.54, 1.807) is 0 Å². The van der Waals surface area contributed by atoms with Gasteiger partial charge in [0.25, 0.3) is 0 Å². The Labute approximate surface area is 137 Å². The van der Waals surface area contributed by atoms with E-state index in [1.165, 1.54) is 22.3 Å².